The number of amides is 1. The summed E-state index contributed by atoms with van der Waals surface area (Å²) in [6.45, 7) is 7.47. The fourth-order valence-corrected chi connectivity index (χ4v) is 2.87. The minimum atomic E-state index is -0.287. The smallest absolute Gasteiger partial charge is 0.251 e. The zero-order valence-corrected chi connectivity index (χ0v) is 16.7. The molecule has 0 radical (unpaired) electrons. The van der Waals surface area contributed by atoms with E-state index in [2.05, 4.69) is 40.0 Å². The van der Waals surface area contributed by atoms with E-state index in [1.54, 1.807) is 18.3 Å². The summed E-state index contributed by atoms with van der Waals surface area (Å²) in [7, 11) is 0. The molecule has 1 aromatic carbocycles. The maximum atomic E-state index is 12.3. The van der Waals surface area contributed by atoms with Gasteiger partial charge in [0.25, 0.3) is 5.56 Å². The Labute approximate surface area is 161 Å². The lowest BCUT2D eigenvalue weighted by Gasteiger charge is -2.19. The second kappa shape index (κ2) is 10.1. The van der Waals surface area contributed by atoms with Crippen LogP contribution in [0.15, 0.2) is 51.9 Å². The summed E-state index contributed by atoms with van der Waals surface area (Å²) in [5.41, 5.74) is 0.368. The lowest BCUT2D eigenvalue weighted by Crippen LogP contribution is -2.28. The van der Waals surface area contributed by atoms with Gasteiger partial charge in [-0.25, -0.2) is 0 Å². The van der Waals surface area contributed by atoms with E-state index >= 15 is 0 Å². The molecule has 0 aliphatic rings. The average molecular weight is 422 g/mol. The van der Waals surface area contributed by atoms with E-state index in [0.717, 1.165) is 24.1 Å². The molecule has 0 aliphatic heterocycles. The van der Waals surface area contributed by atoms with E-state index in [9.17, 15) is 9.59 Å². The summed E-state index contributed by atoms with van der Waals surface area (Å²) in [6, 6.07) is 10.4. The number of nitrogens with zero attached hydrogens (tertiary/aromatic N) is 2. The van der Waals surface area contributed by atoms with Crippen LogP contribution in [0.2, 0.25) is 0 Å². The summed E-state index contributed by atoms with van der Waals surface area (Å²) in [5, 5.41) is 2.82. The zero-order chi connectivity index (χ0) is 18.9. The van der Waals surface area contributed by atoms with E-state index < -0.39 is 0 Å². The molecule has 6 nitrogen and oxygen atoms in total. The highest BCUT2D eigenvalue weighted by atomic mass is 79.9. The number of ether oxygens (including phenoxy) is 1. The van der Waals surface area contributed by atoms with Crippen LogP contribution >= 0.6 is 15.9 Å². The van der Waals surface area contributed by atoms with E-state index in [0.29, 0.717) is 18.0 Å². The van der Waals surface area contributed by atoms with Crippen LogP contribution in [0.3, 0.4) is 0 Å². The Morgan fingerprint density at radius 3 is 2.65 bits per heavy atom. The summed E-state index contributed by atoms with van der Waals surface area (Å²) in [4.78, 5) is 26.4. The molecule has 0 spiro atoms. The van der Waals surface area contributed by atoms with Gasteiger partial charge < -0.3 is 19.5 Å². The number of para-hydroxylation sites is 2. The third-order valence-corrected chi connectivity index (χ3v) is 4.45. The maximum absolute atomic E-state index is 12.3. The molecule has 2 rings (SSSR count). The standard InChI is InChI=1S/C19H24BrN3O3/c1-3-22(4-2)11-12-26-17-8-6-5-7-16(17)21-18(24)14-23-13-15(20)9-10-19(23)25/h5-10,13H,3-4,11-12,14H2,1-2H3,(H,21,24). The summed E-state index contributed by atoms with van der Waals surface area (Å²) in [5.74, 6) is 0.333. The van der Waals surface area contributed by atoms with Gasteiger partial charge in [-0.1, -0.05) is 26.0 Å². The second-order valence-corrected chi connectivity index (χ2v) is 6.65. The van der Waals surface area contributed by atoms with Crippen molar-refractivity contribution in [1.29, 1.82) is 0 Å². The highest BCUT2D eigenvalue weighted by Gasteiger charge is 2.10. The molecule has 0 atom stereocenters. The Kier molecular flexibility index (Phi) is 7.87. The van der Waals surface area contributed by atoms with E-state index in [4.69, 9.17) is 4.74 Å². The van der Waals surface area contributed by atoms with Gasteiger partial charge in [0.15, 0.2) is 0 Å². The normalized spacial score (nSPS) is 10.8. The van der Waals surface area contributed by atoms with E-state index in [1.807, 2.05) is 18.2 Å². The predicted molar refractivity (Wildman–Crippen MR) is 107 cm³/mol. The molecule has 26 heavy (non-hydrogen) atoms. The number of rotatable bonds is 9. The van der Waals surface area contributed by atoms with Crippen molar-refractivity contribution in [1.82, 2.24) is 9.47 Å². The number of nitrogens with one attached hydrogen (secondary N) is 1. The van der Waals surface area contributed by atoms with E-state index in [-0.39, 0.29) is 18.0 Å². The fourth-order valence-electron chi connectivity index (χ4n) is 2.49. The Balaban J connectivity index is 1.99. The molecule has 0 aliphatic carbocycles. The van der Waals surface area contributed by atoms with Gasteiger partial charge in [-0.3, -0.25) is 9.59 Å². The molecule has 0 bridgehead atoms. The largest absolute Gasteiger partial charge is 0.490 e. The average Bonchev–Trinajstić information content (AvgIpc) is 2.63. The molecular weight excluding hydrogens is 398 g/mol. The summed E-state index contributed by atoms with van der Waals surface area (Å²) >= 11 is 3.30. The molecule has 0 saturated heterocycles. The Hall–Kier alpha value is -2.12. The molecule has 0 saturated carbocycles. The first-order chi connectivity index (χ1) is 12.5. The number of benzene rings is 1. The molecule has 7 heteroatoms. The minimum Gasteiger partial charge on any atom is -0.490 e. The summed E-state index contributed by atoms with van der Waals surface area (Å²) < 4.78 is 7.92. The van der Waals surface area contributed by atoms with Crippen molar-refractivity contribution in [3.05, 3.63) is 57.4 Å². The van der Waals surface area contributed by atoms with Crippen molar-refractivity contribution in [3.63, 3.8) is 0 Å². The van der Waals surface area contributed by atoms with Gasteiger partial charge in [-0.2, -0.15) is 0 Å². The molecular formula is C19H24BrN3O3. The molecule has 2 aromatic rings. The predicted octanol–water partition coefficient (Wildman–Crippen LogP) is 2.97. The second-order valence-electron chi connectivity index (χ2n) is 5.73. The number of carbonyl (C=O) groups is 1. The Morgan fingerprint density at radius 2 is 1.92 bits per heavy atom. The molecule has 0 unspecified atom stereocenters. The number of hydrogen-bond donors (Lipinski definition) is 1. The van der Waals surface area contributed by atoms with E-state index in [1.165, 1.54) is 10.6 Å². The first-order valence-electron chi connectivity index (χ1n) is 8.63. The summed E-state index contributed by atoms with van der Waals surface area (Å²) in [6.07, 6.45) is 1.59. The van der Waals surface area contributed by atoms with Gasteiger partial charge in [0, 0.05) is 23.3 Å². The highest BCUT2D eigenvalue weighted by molar-refractivity contribution is 9.10. The molecule has 1 amide bonds. The topological polar surface area (TPSA) is 63.6 Å². The van der Waals surface area contributed by atoms with Gasteiger partial charge >= 0.3 is 0 Å². The van der Waals surface area contributed by atoms with Crippen molar-refractivity contribution in [2.75, 3.05) is 31.6 Å². The van der Waals surface area contributed by atoms with Crippen LogP contribution in [0.4, 0.5) is 5.69 Å². The van der Waals surface area contributed by atoms with Crippen molar-refractivity contribution in [2.45, 2.75) is 20.4 Å². The number of halogens is 1. The molecule has 140 valence electrons. The quantitative estimate of drug-likeness (QED) is 0.675. The van der Waals surface area contributed by atoms with Crippen LogP contribution in [0.5, 0.6) is 5.75 Å². The van der Waals surface area contributed by atoms with Crippen LogP contribution in [0, 0.1) is 0 Å². The first-order valence-corrected chi connectivity index (χ1v) is 9.42. The number of hydrogen-bond acceptors (Lipinski definition) is 4. The first kappa shape index (κ1) is 20.2. The van der Waals surface area contributed by atoms with Gasteiger partial charge in [0.1, 0.15) is 18.9 Å². The lowest BCUT2D eigenvalue weighted by molar-refractivity contribution is -0.116. The SMILES string of the molecule is CCN(CC)CCOc1ccccc1NC(=O)Cn1cc(Br)ccc1=O. The molecule has 1 N–H and O–H groups in total. The Morgan fingerprint density at radius 1 is 1.19 bits per heavy atom. The molecule has 1 heterocycles. The number of likely N-dealkylation sites (N-methyl/N-ethyl adjacent to an activating group) is 1. The van der Waals surface area contributed by atoms with Crippen LogP contribution in [0.25, 0.3) is 0 Å². The monoisotopic (exact) mass is 421 g/mol. The van der Waals surface area contributed by atoms with Crippen LogP contribution < -0.4 is 15.6 Å². The third-order valence-electron chi connectivity index (χ3n) is 3.98. The molecule has 1 aromatic heterocycles. The van der Waals surface area contributed by atoms with Crippen molar-refractivity contribution in [3.8, 4) is 5.75 Å². The Bertz CT molecular complexity index is 788. The van der Waals surface area contributed by atoms with Crippen LogP contribution in [0.1, 0.15) is 13.8 Å². The van der Waals surface area contributed by atoms with Crippen LogP contribution in [-0.2, 0) is 11.3 Å². The van der Waals surface area contributed by atoms with Crippen molar-refractivity contribution >= 4 is 27.5 Å². The number of aromatic nitrogens is 1. The number of pyridine rings is 1. The van der Waals surface area contributed by atoms with Gasteiger partial charge in [-0.05, 0) is 47.2 Å². The molecule has 0 fully saturated rings. The number of carbonyl (C=O) groups excluding carboxylic acids is 1. The lowest BCUT2D eigenvalue weighted by atomic mass is 10.3. The highest BCUT2D eigenvalue weighted by Crippen LogP contribution is 2.23. The zero-order valence-electron chi connectivity index (χ0n) is 15.1. The minimum absolute atomic E-state index is 0.0634. The third kappa shape index (κ3) is 6.00. The fraction of sp³-hybridized carbons (Fsp3) is 0.368. The van der Waals surface area contributed by atoms with Crippen molar-refractivity contribution in [2.24, 2.45) is 0 Å². The maximum Gasteiger partial charge on any atom is 0.251 e. The van der Waals surface area contributed by atoms with Gasteiger partial charge in [-0.15, -0.1) is 0 Å². The van der Waals surface area contributed by atoms with Gasteiger partial charge in [0.05, 0.1) is 5.69 Å². The number of anilines is 1. The van der Waals surface area contributed by atoms with Crippen molar-refractivity contribution < 1.29 is 9.53 Å². The van der Waals surface area contributed by atoms with Crippen LogP contribution in [-0.4, -0.2) is 41.6 Å². The van der Waals surface area contributed by atoms with Gasteiger partial charge in [0.2, 0.25) is 5.91 Å².